The summed E-state index contributed by atoms with van der Waals surface area (Å²) in [5, 5.41) is 11.1. The summed E-state index contributed by atoms with van der Waals surface area (Å²) in [5.74, 6) is 0.586. The predicted octanol–water partition coefficient (Wildman–Crippen LogP) is 3.59. The lowest BCUT2D eigenvalue weighted by Gasteiger charge is -2.28. The van der Waals surface area contributed by atoms with Gasteiger partial charge in [-0.2, -0.15) is 0 Å². The van der Waals surface area contributed by atoms with Crippen molar-refractivity contribution < 1.29 is 19.0 Å². The Kier molecular flexibility index (Phi) is 5.64. The zero-order valence-electron chi connectivity index (χ0n) is 16.4. The smallest absolute Gasteiger partial charge is 0.340 e. The number of fused-ring (bicyclic) bond motifs is 1. The minimum absolute atomic E-state index is 0.386. The summed E-state index contributed by atoms with van der Waals surface area (Å²) in [5.41, 5.74) is -0.0303. The van der Waals surface area contributed by atoms with Crippen LogP contribution in [0.1, 0.15) is 38.8 Å². The van der Waals surface area contributed by atoms with E-state index >= 15 is 0 Å². The lowest BCUT2D eigenvalue weighted by molar-refractivity contribution is -0.0690. The lowest BCUT2D eigenvalue weighted by atomic mass is 9.85. The van der Waals surface area contributed by atoms with Crippen LogP contribution in [0.4, 0.5) is 0 Å². The van der Waals surface area contributed by atoms with E-state index in [0.29, 0.717) is 23.3 Å². The summed E-state index contributed by atoms with van der Waals surface area (Å²) in [7, 11) is 3.13. The maximum atomic E-state index is 12.4. The van der Waals surface area contributed by atoms with Crippen LogP contribution in [0.15, 0.2) is 40.1 Å². The second-order valence-electron chi connectivity index (χ2n) is 7.66. The molecule has 1 heterocycles. The third-order valence-corrected chi connectivity index (χ3v) is 4.82. The highest BCUT2D eigenvalue weighted by Gasteiger charge is 2.28. The zero-order valence-corrected chi connectivity index (χ0v) is 16.4. The van der Waals surface area contributed by atoms with Gasteiger partial charge in [-0.05, 0) is 31.5 Å². The number of aliphatic hydroxyl groups is 1. The molecule has 5 nitrogen and oxygen atoms in total. The molecule has 2 rings (SSSR count). The molecule has 0 radical (unpaired) electrons. The summed E-state index contributed by atoms with van der Waals surface area (Å²) in [6.07, 6.45) is 1.78. The first-order chi connectivity index (χ1) is 12.0. The van der Waals surface area contributed by atoms with Crippen molar-refractivity contribution >= 4 is 11.0 Å². The quantitative estimate of drug-likeness (QED) is 0.604. The Morgan fingerprint density at radius 2 is 1.88 bits per heavy atom. The van der Waals surface area contributed by atoms with Gasteiger partial charge < -0.3 is 19.0 Å². The summed E-state index contributed by atoms with van der Waals surface area (Å²) in [6.45, 7) is 11.0. The summed E-state index contributed by atoms with van der Waals surface area (Å²) in [6, 6.07) is 5.45. The van der Waals surface area contributed by atoms with E-state index in [2.05, 4.69) is 6.58 Å². The standard InChI is InChI=1S/C21H28O5/c1-8-20(2,3)15-10-13-9-14(11-18(25-7)21(4,5)23)16(24-6)12-17(13)26-19(15)22/h8-10,12,18,23H,1,11H2,2-7H3/t18-/m1/s1. The van der Waals surface area contributed by atoms with Gasteiger partial charge in [0.05, 0.1) is 18.8 Å². The molecule has 0 aliphatic heterocycles. The molecule has 1 aromatic heterocycles. The van der Waals surface area contributed by atoms with Crippen LogP contribution in [-0.2, 0) is 16.6 Å². The normalized spacial score (nSPS) is 13.7. The van der Waals surface area contributed by atoms with Crippen molar-refractivity contribution in [1.29, 1.82) is 0 Å². The predicted molar refractivity (Wildman–Crippen MR) is 103 cm³/mol. The van der Waals surface area contributed by atoms with E-state index in [1.807, 2.05) is 26.0 Å². The Morgan fingerprint density at radius 1 is 1.23 bits per heavy atom. The molecule has 5 heteroatoms. The fraction of sp³-hybridized carbons (Fsp3) is 0.476. The largest absolute Gasteiger partial charge is 0.496 e. The van der Waals surface area contributed by atoms with Crippen LogP contribution in [0.2, 0.25) is 0 Å². The van der Waals surface area contributed by atoms with Gasteiger partial charge in [-0.25, -0.2) is 4.79 Å². The van der Waals surface area contributed by atoms with E-state index in [1.165, 1.54) is 0 Å². The summed E-state index contributed by atoms with van der Waals surface area (Å²) >= 11 is 0. The first kappa shape index (κ1) is 20.2. The highest BCUT2D eigenvalue weighted by Crippen LogP contribution is 2.31. The van der Waals surface area contributed by atoms with Crippen molar-refractivity contribution in [3.8, 4) is 5.75 Å². The van der Waals surface area contributed by atoms with Gasteiger partial charge in [-0.15, -0.1) is 6.58 Å². The Labute approximate surface area is 154 Å². The van der Waals surface area contributed by atoms with E-state index in [-0.39, 0.29) is 5.63 Å². The van der Waals surface area contributed by atoms with Crippen LogP contribution in [-0.4, -0.2) is 31.0 Å². The van der Waals surface area contributed by atoms with Crippen LogP contribution in [0, 0.1) is 0 Å². The van der Waals surface area contributed by atoms with Gasteiger partial charge in [0.1, 0.15) is 11.3 Å². The number of rotatable bonds is 7. The summed E-state index contributed by atoms with van der Waals surface area (Å²) in [4.78, 5) is 12.4. The molecule has 0 aliphatic rings. The average molecular weight is 360 g/mol. The van der Waals surface area contributed by atoms with Gasteiger partial charge >= 0.3 is 5.63 Å². The maximum absolute atomic E-state index is 12.4. The Hall–Kier alpha value is -2.11. The van der Waals surface area contributed by atoms with Gasteiger partial charge in [0.2, 0.25) is 0 Å². The molecule has 0 spiro atoms. The monoisotopic (exact) mass is 360 g/mol. The molecule has 1 atom stereocenters. The second-order valence-corrected chi connectivity index (χ2v) is 7.66. The number of methoxy groups -OCH3 is 2. The van der Waals surface area contributed by atoms with Gasteiger partial charge in [0.15, 0.2) is 0 Å². The molecule has 0 amide bonds. The molecule has 0 fully saturated rings. The van der Waals surface area contributed by atoms with Gasteiger partial charge in [-0.1, -0.05) is 19.9 Å². The Morgan fingerprint density at radius 3 is 2.38 bits per heavy atom. The third kappa shape index (κ3) is 4.00. The van der Waals surface area contributed by atoms with E-state index < -0.39 is 17.1 Å². The van der Waals surface area contributed by atoms with E-state index in [9.17, 15) is 9.90 Å². The minimum Gasteiger partial charge on any atom is -0.496 e. The van der Waals surface area contributed by atoms with Crippen molar-refractivity contribution in [1.82, 2.24) is 0 Å². The van der Waals surface area contributed by atoms with Gasteiger partial charge in [0.25, 0.3) is 0 Å². The van der Waals surface area contributed by atoms with Crippen LogP contribution in [0.3, 0.4) is 0 Å². The number of hydrogen-bond donors (Lipinski definition) is 1. The van der Waals surface area contributed by atoms with Crippen molar-refractivity contribution in [2.45, 2.75) is 51.2 Å². The molecule has 2 aromatic rings. The van der Waals surface area contributed by atoms with E-state index in [4.69, 9.17) is 13.9 Å². The van der Waals surface area contributed by atoms with Crippen LogP contribution in [0.25, 0.3) is 11.0 Å². The van der Waals surface area contributed by atoms with E-state index in [0.717, 1.165) is 10.9 Å². The highest BCUT2D eigenvalue weighted by molar-refractivity contribution is 5.80. The van der Waals surface area contributed by atoms with Gasteiger partial charge in [-0.3, -0.25) is 0 Å². The molecule has 142 valence electrons. The average Bonchev–Trinajstić information content (AvgIpc) is 2.57. The second kappa shape index (κ2) is 7.25. The SMILES string of the molecule is C=CC(C)(C)c1cc2cc(C[C@@H](OC)C(C)(C)O)c(OC)cc2oc1=O. The highest BCUT2D eigenvalue weighted by atomic mass is 16.5. The molecule has 0 aliphatic carbocycles. The molecular formula is C21H28O5. The number of hydrogen-bond acceptors (Lipinski definition) is 5. The molecule has 0 bridgehead atoms. The lowest BCUT2D eigenvalue weighted by Crippen LogP contribution is -2.39. The fourth-order valence-corrected chi connectivity index (χ4v) is 2.93. The molecule has 0 unspecified atom stereocenters. The fourth-order valence-electron chi connectivity index (χ4n) is 2.93. The molecule has 26 heavy (non-hydrogen) atoms. The number of benzene rings is 1. The topological polar surface area (TPSA) is 68.9 Å². The first-order valence-corrected chi connectivity index (χ1v) is 8.57. The number of ether oxygens (including phenoxy) is 2. The molecule has 1 N–H and O–H groups in total. The van der Waals surface area contributed by atoms with Crippen molar-refractivity contribution in [2.75, 3.05) is 14.2 Å². The molecule has 0 saturated heterocycles. The molecule has 0 saturated carbocycles. The molecule has 1 aromatic carbocycles. The van der Waals surface area contributed by atoms with E-state index in [1.54, 1.807) is 40.2 Å². The summed E-state index contributed by atoms with van der Waals surface area (Å²) < 4.78 is 16.4. The molecular weight excluding hydrogens is 332 g/mol. The van der Waals surface area contributed by atoms with Crippen molar-refractivity contribution in [3.63, 3.8) is 0 Å². The van der Waals surface area contributed by atoms with Crippen molar-refractivity contribution in [3.05, 3.63) is 52.4 Å². The Bertz CT molecular complexity index is 855. The zero-order chi connectivity index (χ0) is 19.7. The third-order valence-electron chi connectivity index (χ3n) is 4.82. The number of allylic oxidation sites excluding steroid dienone is 1. The van der Waals surface area contributed by atoms with Crippen LogP contribution < -0.4 is 10.4 Å². The van der Waals surface area contributed by atoms with Crippen LogP contribution >= 0.6 is 0 Å². The first-order valence-electron chi connectivity index (χ1n) is 8.57. The van der Waals surface area contributed by atoms with Crippen molar-refractivity contribution in [2.24, 2.45) is 0 Å². The maximum Gasteiger partial charge on any atom is 0.340 e. The Balaban J connectivity index is 2.63. The minimum atomic E-state index is -1.01. The van der Waals surface area contributed by atoms with Gasteiger partial charge in [0, 0.05) is 36.0 Å². The van der Waals surface area contributed by atoms with Crippen LogP contribution in [0.5, 0.6) is 5.75 Å².